The number of nitrogens with one attached hydrogen (secondary N) is 1. The van der Waals surface area contributed by atoms with Gasteiger partial charge in [-0.05, 0) is 19.4 Å². The van der Waals surface area contributed by atoms with Crippen LogP contribution in [-0.2, 0) is 11.3 Å². The fraction of sp³-hybridized carbons (Fsp3) is 0.235. The van der Waals surface area contributed by atoms with Crippen LogP contribution in [0.2, 0.25) is 0 Å². The van der Waals surface area contributed by atoms with Crippen LogP contribution in [0.15, 0.2) is 48.9 Å². The Kier molecular flexibility index (Phi) is 4.78. The molecule has 0 saturated carbocycles. The first-order valence-electron chi connectivity index (χ1n) is 8.01. The molecular formula is C17H18N6O3. The van der Waals surface area contributed by atoms with Gasteiger partial charge in [-0.3, -0.25) is 24.3 Å². The van der Waals surface area contributed by atoms with Crippen LogP contribution in [0, 0.1) is 17.0 Å². The van der Waals surface area contributed by atoms with E-state index in [-0.39, 0.29) is 11.6 Å². The molecule has 1 atom stereocenters. The Balaban J connectivity index is 1.64. The Morgan fingerprint density at radius 1 is 1.38 bits per heavy atom. The second-order valence-electron chi connectivity index (χ2n) is 5.99. The van der Waals surface area contributed by atoms with Crippen molar-refractivity contribution in [1.29, 1.82) is 0 Å². The highest BCUT2D eigenvalue weighted by molar-refractivity contribution is 5.92. The number of nitrogens with zero attached hydrogens (tertiary/aromatic N) is 5. The third kappa shape index (κ3) is 3.94. The third-order valence-electron chi connectivity index (χ3n) is 3.89. The zero-order valence-corrected chi connectivity index (χ0v) is 14.4. The third-order valence-corrected chi connectivity index (χ3v) is 3.89. The fourth-order valence-corrected chi connectivity index (χ4v) is 2.50. The molecule has 9 heteroatoms. The molecule has 1 N–H and O–H groups in total. The first-order valence-corrected chi connectivity index (χ1v) is 8.01. The van der Waals surface area contributed by atoms with Gasteiger partial charge in [0.15, 0.2) is 5.82 Å². The highest BCUT2D eigenvalue weighted by Crippen LogP contribution is 2.15. The summed E-state index contributed by atoms with van der Waals surface area (Å²) in [6.45, 7) is 4.23. The number of anilines is 1. The van der Waals surface area contributed by atoms with Crippen molar-refractivity contribution in [1.82, 2.24) is 19.6 Å². The van der Waals surface area contributed by atoms with E-state index in [1.54, 1.807) is 23.9 Å². The lowest BCUT2D eigenvalue weighted by atomic mass is 10.1. The molecule has 0 spiro atoms. The molecule has 1 aromatic carbocycles. The predicted octanol–water partition coefficient (Wildman–Crippen LogP) is 2.54. The van der Waals surface area contributed by atoms with Crippen LogP contribution in [0.25, 0.3) is 0 Å². The molecule has 1 amide bonds. The summed E-state index contributed by atoms with van der Waals surface area (Å²) >= 11 is 0. The Hall–Kier alpha value is -3.49. The van der Waals surface area contributed by atoms with E-state index in [4.69, 9.17) is 0 Å². The maximum Gasteiger partial charge on any atom is 0.307 e. The number of nitro groups is 1. The van der Waals surface area contributed by atoms with E-state index >= 15 is 0 Å². The lowest BCUT2D eigenvalue weighted by Crippen LogP contribution is -2.24. The van der Waals surface area contributed by atoms with Crippen LogP contribution in [-0.4, -0.2) is 30.4 Å². The first-order chi connectivity index (χ1) is 12.4. The van der Waals surface area contributed by atoms with Gasteiger partial charge >= 0.3 is 5.69 Å². The maximum atomic E-state index is 12.3. The summed E-state index contributed by atoms with van der Waals surface area (Å²) in [6, 6.07) is 9.10. The summed E-state index contributed by atoms with van der Waals surface area (Å²) < 4.78 is 2.98. The molecule has 0 fully saturated rings. The van der Waals surface area contributed by atoms with E-state index in [0.29, 0.717) is 12.4 Å². The zero-order valence-electron chi connectivity index (χ0n) is 14.4. The van der Waals surface area contributed by atoms with Crippen LogP contribution < -0.4 is 5.32 Å². The Morgan fingerprint density at radius 2 is 2.19 bits per heavy atom. The summed E-state index contributed by atoms with van der Waals surface area (Å²) in [5.41, 5.74) is 2.13. The molecule has 0 aliphatic heterocycles. The molecule has 2 heterocycles. The standard InChI is InChI=1S/C17H18N6O3/c1-12-4-3-5-14(8-12)10-21-7-6-16(20-21)19-17(24)13(2)22-11-15(9-18-22)23(25)26/h3-9,11,13H,10H2,1-2H3,(H,19,20,24). The van der Waals surface area contributed by atoms with Crippen molar-refractivity contribution >= 4 is 17.4 Å². The van der Waals surface area contributed by atoms with Crippen molar-refractivity contribution in [2.75, 3.05) is 5.32 Å². The Bertz CT molecular complexity index is 945. The topological polar surface area (TPSA) is 108 Å². The number of aromatic nitrogens is 4. The van der Waals surface area contributed by atoms with E-state index in [0.717, 1.165) is 11.8 Å². The van der Waals surface area contributed by atoms with Crippen molar-refractivity contribution < 1.29 is 9.72 Å². The maximum absolute atomic E-state index is 12.3. The predicted molar refractivity (Wildman–Crippen MR) is 94.7 cm³/mol. The van der Waals surface area contributed by atoms with Crippen molar-refractivity contribution in [2.45, 2.75) is 26.4 Å². The van der Waals surface area contributed by atoms with Gasteiger partial charge in [-0.1, -0.05) is 29.8 Å². The molecule has 1 unspecified atom stereocenters. The van der Waals surface area contributed by atoms with Crippen LogP contribution in [0.1, 0.15) is 24.1 Å². The quantitative estimate of drug-likeness (QED) is 0.540. The molecule has 0 radical (unpaired) electrons. The van der Waals surface area contributed by atoms with Gasteiger partial charge in [0, 0.05) is 12.3 Å². The van der Waals surface area contributed by atoms with Gasteiger partial charge in [0.25, 0.3) is 0 Å². The second kappa shape index (κ2) is 7.18. The number of hydrogen-bond donors (Lipinski definition) is 1. The molecule has 3 rings (SSSR count). The minimum Gasteiger partial charge on any atom is -0.307 e. The number of carbonyl (C=O) groups excluding carboxylic acids is 1. The van der Waals surface area contributed by atoms with Crippen molar-refractivity contribution in [3.05, 3.63) is 70.2 Å². The van der Waals surface area contributed by atoms with E-state index in [2.05, 4.69) is 21.6 Å². The normalized spacial score (nSPS) is 11.9. The summed E-state index contributed by atoms with van der Waals surface area (Å²) in [5.74, 6) is 0.0555. The van der Waals surface area contributed by atoms with Gasteiger partial charge in [-0.25, -0.2) is 0 Å². The molecule has 26 heavy (non-hydrogen) atoms. The molecule has 0 bridgehead atoms. The summed E-state index contributed by atoms with van der Waals surface area (Å²) in [6.07, 6.45) is 4.11. The summed E-state index contributed by atoms with van der Waals surface area (Å²) in [7, 11) is 0. The molecule has 0 aliphatic rings. The molecule has 0 aliphatic carbocycles. The first kappa shape index (κ1) is 17.3. The molecule has 2 aromatic heterocycles. The number of carbonyl (C=O) groups is 1. The average molecular weight is 354 g/mol. The van der Waals surface area contributed by atoms with E-state index in [1.807, 2.05) is 25.1 Å². The largest absolute Gasteiger partial charge is 0.307 e. The van der Waals surface area contributed by atoms with Gasteiger partial charge in [0.05, 0.1) is 11.5 Å². The number of rotatable bonds is 6. The summed E-state index contributed by atoms with van der Waals surface area (Å²) in [5, 5.41) is 21.6. The van der Waals surface area contributed by atoms with Gasteiger partial charge in [-0.2, -0.15) is 10.2 Å². The van der Waals surface area contributed by atoms with Crippen LogP contribution in [0.5, 0.6) is 0 Å². The zero-order chi connectivity index (χ0) is 18.7. The highest BCUT2D eigenvalue weighted by atomic mass is 16.6. The van der Waals surface area contributed by atoms with Crippen LogP contribution in [0.4, 0.5) is 11.5 Å². The minimum absolute atomic E-state index is 0.160. The SMILES string of the molecule is Cc1cccc(Cn2ccc(NC(=O)C(C)n3cc([N+](=O)[O-])cn3)n2)c1. The average Bonchev–Trinajstić information content (AvgIpc) is 3.24. The number of hydrogen-bond acceptors (Lipinski definition) is 5. The fourth-order valence-electron chi connectivity index (χ4n) is 2.50. The number of amides is 1. The number of benzene rings is 1. The van der Waals surface area contributed by atoms with E-state index < -0.39 is 11.0 Å². The Morgan fingerprint density at radius 3 is 2.88 bits per heavy atom. The molecule has 9 nitrogen and oxygen atoms in total. The van der Waals surface area contributed by atoms with Crippen LogP contribution >= 0.6 is 0 Å². The number of aryl methyl sites for hydroxylation is 1. The molecule has 134 valence electrons. The lowest BCUT2D eigenvalue weighted by Gasteiger charge is -2.10. The van der Waals surface area contributed by atoms with Gasteiger partial charge in [0.1, 0.15) is 18.4 Å². The van der Waals surface area contributed by atoms with Crippen molar-refractivity contribution in [3.63, 3.8) is 0 Å². The molecule has 3 aromatic rings. The lowest BCUT2D eigenvalue weighted by molar-refractivity contribution is -0.385. The van der Waals surface area contributed by atoms with Crippen molar-refractivity contribution in [2.24, 2.45) is 0 Å². The molecular weight excluding hydrogens is 336 g/mol. The van der Waals surface area contributed by atoms with Gasteiger partial charge in [-0.15, -0.1) is 0 Å². The minimum atomic E-state index is -0.703. The highest BCUT2D eigenvalue weighted by Gasteiger charge is 2.19. The van der Waals surface area contributed by atoms with Crippen molar-refractivity contribution in [3.8, 4) is 0 Å². The van der Waals surface area contributed by atoms with E-state index in [9.17, 15) is 14.9 Å². The Labute approximate surface area is 149 Å². The molecule has 0 saturated heterocycles. The van der Waals surface area contributed by atoms with E-state index in [1.165, 1.54) is 16.4 Å². The monoisotopic (exact) mass is 354 g/mol. The van der Waals surface area contributed by atoms with Gasteiger partial charge in [0.2, 0.25) is 5.91 Å². The summed E-state index contributed by atoms with van der Waals surface area (Å²) in [4.78, 5) is 22.5. The van der Waals surface area contributed by atoms with Gasteiger partial charge < -0.3 is 5.32 Å². The smallest absolute Gasteiger partial charge is 0.307 e. The van der Waals surface area contributed by atoms with Crippen LogP contribution in [0.3, 0.4) is 0 Å². The second-order valence-corrected chi connectivity index (χ2v) is 5.99.